The van der Waals surface area contributed by atoms with Crippen LogP contribution in [0.15, 0.2) is 0 Å². The molecular weight excluding hydrogens is 354 g/mol. The van der Waals surface area contributed by atoms with E-state index in [1.165, 1.54) is 24.9 Å². The van der Waals surface area contributed by atoms with E-state index in [1.807, 2.05) is 32.5 Å². The molecule has 2 aliphatic heterocycles. The van der Waals surface area contributed by atoms with E-state index >= 15 is 0 Å². The highest BCUT2D eigenvalue weighted by Crippen LogP contribution is 2.38. The summed E-state index contributed by atoms with van der Waals surface area (Å²) in [6.45, 7) is 5.69. The van der Waals surface area contributed by atoms with Gasteiger partial charge in [-0.25, -0.2) is 14.6 Å². The fourth-order valence-corrected chi connectivity index (χ4v) is 4.57. The lowest BCUT2D eigenvalue weighted by Gasteiger charge is -2.34. The van der Waals surface area contributed by atoms with Crippen molar-refractivity contribution in [1.29, 1.82) is 0 Å². The summed E-state index contributed by atoms with van der Waals surface area (Å²) in [6.07, 6.45) is 3.39. The minimum atomic E-state index is -0.711. The van der Waals surface area contributed by atoms with Crippen LogP contribution >= 0.6 is 11.8 Å². The van der Waals surface area contributed by atoms with Gasteiger partial charge in [-0.05, 0) is 39.4 Å². The Morgan fingerprint density at radius 3 is 2.69 bits per heavy atom. The Kier molecular flexibility index (Phi) is 5.50. The summed E-state index contributed by atoms with van der Waals surface area (Å²) < 4.78 is 10.4. The van der Waals surface area contributed by atoms with Crippen LogP contribution in [0, 0.1) is 0 Å². The number of fused-ring (bicyclic) bond motifs is 1. The maximum Gasteiger partial charge on any atom is 0.411 e. The Morgan fingerprint density at radius 1 is 1.31 bits per heavy atom. The van der Waals surface area contributed by atoms with Gasteiger partial charge in [0.1, 0.15) is 17.5 Å². The van der Waals surface area contributed by atoms with Gasteiger partial charge in [0.05, 0.1) is 30.3 Å². The fraction of sp³-hybridized carbons (Fsp3) is 0.722. The van der Waals surface area contributed by atoms with Crippen LogP contribution in [0.25, 0.3) is 0 Å². The van der Waals surface area contributed by atoms with Crippen LogP contribution in [0.3, 0.4) is 0 Å². The summed E-state index contributed by atoms with van der Waals surface area (Å²) >= 11 is 1.92. The Bertz CT molecular complexity index is 676. The van der Waals surface area contributed by atoms with Crippen LogP contribution < -0.4 is 0 Å². The predicted octanol–water partition coefficient (Wildman–Crippen LogP) is 3.20. The summed E-state index contributed by atoms with van der Waals surface area (Å²) in [7, 11) is 1.33. The second kappa shape index (κ2) is 7.50. The number of nitrogens with one attached hydrogen (secondary N) is 1. The summed E-state index contributed by atoms with van der Waals surface area (Å²) in [6, 6.07) is -0.711. The van der Waals surface area contributed by atoms with E-state index in [-0.39, 0.29) is 6.54 Å². The molecule has 0 aliphatic carbocycles. The highest BCUT2D eigenvalue weighted by Gasteiger charge is 2.39. The van der Waals surface area contributed by atoms with Crippen LogP contribution in [0.2, 0.25) is 0 Å². The highest BCUT2D eigenvalue weighted by molar-refractivity contribution is 7.99. The van der Waals surface area contributed by atoms with Crippen LogP contribution in [-0.2, 0) is 27.2 Å². The van der Waals surface area contributed by atoms with E-state index < -0.39 is 23.7 Å². The third-order valence-electron chi connectivity index (χ3n) is 4.56. The number of aromatic amines is 1. The largest absolute Gasteiger partial charge is 0.467 e. The smallest absolute Gasteiger partial charge is 0.411 e. The number of methoxy groups -OCH3 is 1. The zero-order valence-corrected chi connectivity index (χ0v) is 16.6. The number of nitrogens with zero attached hydrogens (tertiary/aromatic N) is 2. The lowest BCUT2D eigenvalue weighted by Crippen LogP contribution is -2.50. The Morgan fingerprint density at radius 2 is 2.08 bits per heavy atom. The highest BCUT2D eigenvalue weighted by atomic mass is 32.2. The maximum absolute atomic E-state index is 12.6. The topological polar surface area (TPSA) is 84.5 Å². The number of amides is 1. The number of hydrogen-bond donors (Lipinski definition) is 1. The number of hydrogen-bond acceptors (Lipinski definition) is 6. The van der Waals surface area contributed by atoms with Crippen molar-refractivity contribution in [2.75, 3.05) is 12.9 Å². The number of esters is 1. The van der Waals surface area contributed by atoms with Crippen molar-refractivity contribution < 1.29 is 19.1 Å². The van der Waals surface area contributed by atoms with E-state index in [2.05, 4.69) is 4.98 Å². The first-order valence-corrected chi connectivity index (χ1v) is 10.1. The monoisotopic (exact) mass is 381 g/mol. The van der Waals surface area contributed by atoms with Gasteiger partial charge in [-0.1, -0.05) is 6.42 Å². The molecule has 2 aliphatic rings. The van der Waals surface area contributed by atoms with E-state index in [0.29, 0.717) is 11.7 Å². The second-order valence-corrected chi connectivity index (χ2v) is 9.06. The normalized spacial score (nSPS) is 23.3. The number of imidazole rings is 1. The molecule has 1 aromatic rings. The Hall–Kier alpha value is -1.70. The summed E-state index contributed by atoms with van der Waals surface area (Å²) in [4.78, 5) is 34.5. The molecule has 0 spiro atoms. The lowest BCUT2D eigenvalue weighted by molar-refractivity contribution is -0.147. The van der Waals surface area contributed by atoms with Crippen molar-refractivity contribution in [3.63, 3.8) is 0 Å². The summed E-state index contributed by atoms with van der Waals surface area (Å²) in [5, 5.41) is 0.362. The minimum Gasteiger partial charge on any atom is -0.467 e. The molecule has 1 N–H and O–H groups in total. The predicted molar refractivity (Wildman–Crippen MR) is 98.9 cm³/mol. The molecule has 0 saturated carbocycles. The van der Waals surface area contributed by atoms with Gasteiger partial charge < -0.3 is 14.5 Å². The zero-order valence-electron chi connectivity index (χ0n) is 15.8. The molecule has 1 aromatic heterocycles. The van der Waals surface area contributed by atoms with Crippen molar-refractivity contribution in [3.05, 3.63) is 17.2 Å². The standard InChI is InChI=1S/C18H27N3O4S/c1-18(2,3)25-17(23)21-10-12-11(9-13(21)16(22)24-4)19-15(20-12)14-7-5-6-8-26-14/h13-14H,5-10H2,1-4H3,(H,19,20)/t13-,14?/m0/s1. The molecular formula is C18H27N3O4S. The molecule has 1 unspecified atom stereocenters. The first kappa shape index (κ1) is 19.1. The zero-order chi connectivity index (χ0) is 18.9. The molecule has 0 radical (unpaired) electrons. The van der Waals surface area contributed by atoms with Gasteiger partial charge in [0.25, 0.3) is 0 Å². The van der Waals surface area contributed by atoms with Gasteiger partial charge in [-0.2, -0.15) is 11.8 Å². The van der Waals surface area contributed by atoms with Gasteiger partial charge in [0.15, 0.2) is 0 Å². The lowest BCUT2D eigenvalue weighted by atomic mass is 10.0. The number of aromatic nitrogens is 2. The van der Waals surface area contributed by atoms with E-state index in [1.54, 1.807) is 0 Å². The molecule has 3 rings (SSSR count). The van der Waals surface area contributed by atoms with Gasteiger partial charge in [0, 0.05) is 6.42 Å². The van der Waals surface area contributed by atoms with Crippen molar-refractivity contribution in [2.45, 2.75) is 69.9 Å². The SMILES string of the molecule is COC(=O)[C@@H]1Cc2nc(C3CCCCS3)[nH]c2CN1C(=O)OC(C)(C)C. The molecule has 1 fully saturated rings. The average Bonchev–Trinajstić information content (AvgIpc) is 3.02. The maximum atomic E-state index is 12.6. The molecule has 8 heteroatoms. The summed E-state index contributed by atoms with van der Waals surface area (Å²) in [5.74, 6) is 1.65. The number of carbonyl (C=O) groups excluding carboxylic acids is 2. The van der Waals surface area contributed by atoms with Crippen molar-refractivity contribution in [1.82, 2.24) is 14.9 Å². The van der Waals surface area contributed by atoms with Crippen molar-refractivity contribution >= 4 is 23.8 Å². The molecule has 26 heavy (non-hydrogen) atoms. The average molecular weight is 381 g/mol. The Labute approximate surface area is 158 Å². The Balaban J connectivity index is 1.84. The first-order chi connectivity index (χ1) is 12.3. The second-order valence-electron chi connectivity index (χ2n) is 7.75. The number of rotatable bonds is 2. The molecule has 2 atom stereocenters. The van der Waals surface area contributed by atoms with Crippen LogP contribution in [-0.4, -0.2) is 51.4 Å². The minimum absolute atomic E-state index is 0.272. The number of ether oxygens (including phenoxy) is 2. The number of carbonyl (C=O) groups is 2. The third-order valence-corrected chi connectivity index (χ3v) is 5.95. The van der Waals surface area contributed by atoms with Gasteiger partial charge in [0.2, 0.25) is 0 Å². The summed E-state index contributed by atoms with van der Waals surface area (Å²) in [5.41, 5.74) is 1.11. The molecule has 3 heterocycles. The van der Waals surface area contributed by atoms with Crippen LogP contribution in [0.4, 0.5) is 4.79 Å². The molecule has 0 aromatic carbocycles. The molecule has 1 amide bonds. The van der Waals surface area contributed by atoms with Gasteiger partial charge in [-0.3, -0.25) is 4.90 Å². The number of H-pyrrole nitrogens is 1. The van der Waals surface area contributed by atoms with Gasteiger partial charge >= 0.3 is 12.1 Å². The first-order valence-electron chi connectivity index (χ1n) is 9.05. The van der Waals surface area contributed by atoms with Crippen LogP contribution in [0.1, 0.15) is 62.5 Å². The van der Waals surface area contributed by atoms with Crippen molar-refractivity contribution in [3.8, 4) is 0 Å². The quantitative estimate of drug-likeness (QED) is 0.792. The third kappa shape index (κ3) is 4.16. The number of thioether (sulfide) groups is 1. The fourth-order valence-electron chi connectivity index (χ4n) is 3.31. The van der Waals surface area contributed by atoms with E-state index in [4.69, 9.17) is 14.5 Å². The molecule has 0 bridgehead atoms. The van der Waals surface area contributed by atoms with E-state index in [0.717, 1.165) is 29.4 Å². The molecule has 1 saturated heterocycles. The van der Waals surface area contributed by atoms with Crippen LogP contribution in [0.5, 0.6) is 0 Å². The molecule has 144 valence electrons. The van der Waals surface area contributed by atoms with E-state index in [9.17, 15) is 9.59 Å². The molecule has 7 nitrogen and oxygen atoms in total. The van der Waals surface area contributed by atoms with Gasteiger partial charge in [-0.15, -0.1) is 0 Å². The van der Waals surface area contributed by atoms with Crippen molar-refractivity contribution in [2.24, 2.45) is 0 Å².